The van der Waals surface area contributed by atoms with Crippen LogP contribution in [0, 0.1) is 0 Å². The van der Waals surface area contributed by atoms with Crippen molar-refractivity contribution >= 4 is 34.7 Å². The molecule has 0 radical (unpaired) electrons. The molecule has 0 aliphatic rings. The number of fused-ring (bicyclic) bond motifs is 1. The standard InChI is InChI=1S/C26H25N3O2S/c1-29(2)13-14-32-22-11-8-18(9-12-22)16-23-25(30)28-24(26(31)27-23)17-19-7-10-20-5-3-4-6-21(20)15-19/h3-12,15-17H,13-14H2,1-2H3,(H,27,31)(H,28,30)/b23-16-,24-17-. The predicted octanol–water partition coefficient (Wildman–Crippen LogP) is 2.53. The number of nitrogens with one attached hydrogen (secondary N) is 2. The Bertz CT molecular complexity index is 1470. The molecule has 5 nitrogen and oxygen atoms in total. The van der Waals surface area contributed by atoms with Crippen LogP contribution in [0.3, 0.4) is 0 Å². The second kappa shape index (κ2) is 9.85. The highest BCUT2D eigenvalue weighted by molar-refractivity contribution is 7.99. The highest BCUT2D eigenvalue weighted by atomic mass is 32.2. The lowest BCUT2D eigenvalue weighted by molar-refractivity contribution is 0.437. The van der Waals surface area contributed by atoms with Crippen LogP contribution in [0.2, 0.25) is 0 Å². The maximum absolute atomic E-state index is 12.6. The van der Waals surface area contributed by atoms with Crippen molar-refractivity contribution in [1.29, 1.82) is 0 Å². The molecule has 0 saturated heterocycles. The van der Waals surface area contributed by atoms with Gasteiger partial charge in [-0.3, -0.25) is 9.59 Å². The molecule has 0 aliphatic heterocycles. The van der Waals surface area contributed by atoms with Gasteiger partial charge in [0.25, 0.3) is 11.1 Å². The van der Waals surface area contributed by atoms with Gasteiger partial charge in [-0.25, -0.2) is 0 Å². The number of aromatic nitrogens is 2. The van der Waals surface area contributed by atoms with Gasteiger partial charge in [-0.1, -0.05) is 48.5 Å². The van der Waals surface area contributed by atoms with E-state index in [1.54, 1.807) is 23.9 Å². The Morgan fingerprint density at radius 1 is 0.781 bits per heavy atom. The third-order valence-corrected chi connectivity index (χ3v) is 6.06. The lowest BCUT2D eigenvalue weighted by atomic mass is 10.1. The number of thioether (sulfide) groups is 1. The number of benzene rings is 3. The molecule has 4 aromatic rings. The third-order valence-electron chi connectivity index (χ3n) is 5.07. The molecule has 4 rings (SSSR count). The van der Waals surface area contributed by atoms with Gasteiger partial charge in [-0.2, -0.15) is 0 Å². The average molecular weight is 444 g/mol. The van der Waals surface area contributed by atoms with E-state index in [0.717, 1.165) is 34.2 Å². The van der Waals surface area contributed by atoms with E-state index < -0.39 is 0 Å². The van der Waals surface area contributed by atoms with E-state index in [1.807, 2.05) is 66.7 Å². The molecule has 162 valence electrons. The molecule has 6 heteroatoms. The predicted molar refractivity (Wildman–Crippen MR) is 134 cm³/mol. The van der Waals surface area contributed by atoms with Crippen LogP contribution < -0.4 is 21.8 Å². The van der Waals surface area contributed by atoms with Gasteiger partial charge < -0.3 is 14.9 Å². The number of hydrogen-bond acceptors (Lipinski definition) is 4. The lowest BCUT2D eigenvalue weighted by Gasteiger charge is -2.08. The van der Waals surface area contributed by atoms with Crippen molar-refractivity contribution in [1.82, 2.24) is 14.9 Å². The minimum Gasteiger partial charge on any atom is -0.316 e. The Labute approximate surface area is 190 Å². The van der Waals surface area contributed by atoms with Gasteiger partial charge in [-0.05, 0) is 66.3 Å². The molecule has 0 aliphatic carbocycles. The van der Waals surface area contributed by atoms with Gasteiger partial charge in [0.15, 0.2) is 0 Å². The first kappa shape index (κ1) is 21.9. The maximum Gasteiger partial charge on any atom is 0.272 e. The van der Waals surface area contributed by atoms with Gasteiger partial charge in [-0.15, -0.1) is 11.8 Å². The highest BCUT2D eigenvalue weighted by Gasteiger charge is 2.00. The third kappa shape index (κ3) is 5.46. The summed E-state index contributed by atoms with van der Waals surface area (Å²) in [7, 11) is 4.11. The molecule has 1 heterocycles. The summed E-state index contributed by atoms with van der Waals surface area (Å²) in [5.41, 5.74) is 1.04. The van der Waals surface area contributed by atoms with Crippen LogP contribution in [-0.4, -0.2) is 41.3 Å². The quantitative estimate of drug-likeness (QED) is 0.450. The normalized spacial score (nSPS) is 12.7. The maximum atomic E-state index is 12.6. The smallest absolute Gasteiger partial charge is 0.272 e. The molecular weight excluding hydrogens is 418 g/mol. The van der Waals surface area contributed by atoms with E-state index in [-0.39, 0.29) is 21.8 Å². The Hall–Kier alpha value is -3.35. The second-order valence-corrected chi connectivity index (χ2v) is 9.02. The first-order valence-corrected chi connectivity index (χ1v) is 11.4. The van der Waals surface area contributed by atoms with E-state index in [0.29, 0.717) is 0 Å². The summed E-state index contributed by atoms with van der Waals surface area (Å²) in [4.78, 5) is 33.9. The number of H-pyrrole nitrogens is 2. The van der Waals surface area contributed by atoms with E-state index >= 15 is 0 Å². The fourth-order valence-corrected chi connectivity index (χ4v) is 4.35. The molecule has 32 heavy (non-hydrogen) atoms. The Morgan fingerprint density at radius 3 is 2.03 bits per heavy atom. The van der Waals surface area contributed by atoms with Gasteiger partial charge in [0, 0.05) is 17.2 Å². The van der Waals surface area contributed by atoms with Gasteiger partial charge in [0.2, 0.25) is 0 Å². The van der Waals surface area contributed by atoms with Crippen molar-refractivity contribution in [2.24, 2.45) is 0 Å². The molecule has 0 saturated carbocycles. The van der Waals surface area contributed by atoms with E-state index in [1.165, 1.54) is 4.90 Å². The Balaban J connectivity index is 1.61. The monoisotopic (exact) mass is 443 g/mol. The van der Waals surface area contributed by atoms with Crippen molar-refractivity contribution in [3.05, 3.63) is 109 Å². The summed E-state index contributed by atoms with van der Waals surface area (Å²) in [6.07, 6.45) is 3.38. The molecule has 3 aromatic carbocycles. The summed E-state index contributed by atoms with van der Waals surface area (Å²) in [5.74, 6) is 1.01. The van der Waals surface area contributed by atoms with E-state index in [4.69, 9.17) is 0 Å². The largest absolute Gasteiger partial charge is 0.316 e. The molecule has 1 aromatic heterocycles. The first-order valence-electron chi connectivity index (χ1n) is 10.4. The minimum absolute atomic E-state index is 0.232. The van der Waals surface area contributed by atoms with Crippen molar-refractivity contribution in [2.75, 3.05) is 26.4 Å². The highest BCUT2D eigenvalue weighted by Crippen LogP contribution is 2.18. The summed E-state index contributed by atoms with van der Waals surface area (Å²) >= 11 is 1.79. The van der Waals surface area contributed by atoms with Gasteiger partial charge in [0.05, 0.1) is 0 Å². The molecule has 0 atom stereocenters. The van der Waals surface area contributed by atoms with Crippen molar-refractivity contribution in [2.45, 2.75) is 4.90 Å². The molecule has 2 N–H and O–H groups in total. The number of aromatic amines is 2. The summed E-state index contributed by atoms with van der Waals surface area (Å²) in [6, 6.07) is 21.9. The van der Waals surface area contributed by atoms with Crippen LogP contribution in [0.1, 0.15) is 11.1 Å². The SMILES string of the molecule is CN(C)CCSc1ccc(/C=c2\[nH]c(=O)/c(=C/c3ccc4ccccc4c3)[nH]c2=O)cc1. The van der Waals surface area contributed by atoms with Crippen LogP contribution in [-0.2, 0) is 0 Å². The van der Waals surface area contributed by atoms with Gasteiger partial charge >= 0.3 is 0 Å². The van der Waals surface area contributed by atoms with Crippen molar-refractivity contribution < 1.29 is 0 Å². The van der Waals surface area contributed by atoms with Crippen molar-refractivity contribution in [3.8, 4) is 0 Å². The lowest BCUT2D eigenvalue weighted by Crippen LogP contribution is -2.46. The van der Waals surface area contributed by atoms with E-state index in [9.17, 15) is 9.59 Å². The van der Waals surface area contributed by atoms with Crippen LogP contribution in [0.25, 0.3) is 22.9 Å². The summed E-state index contributed by atoms with van der Waals surface area (Å²) in [5, 5.41) is 2.67. The minimum atomic E-state index is -0.333. The molecule has 0 amide bonds. The zero-order chi connectivity index (χ0) is 22.5. The van der Waals surface area contributed by atoms with Crippen LogP contribution >= 0.6 is 11.8 Å². The second-order valence-electron chi connectivity index (χ2n) is 7.85. The van der Waals surface area contributed by atoms with Crippen LogP contribution in [0.4, 0.5) is 0 Å². The average Bonchev–Trinajstić information content (AvgIpc) is 2.78. The fourth-order valence-electron chi connectivity index (χ4n) is 3.33. The van der Waals surface area contributed by atoms with Crippen molar-refractivity contribution in [3.63, 3.8) is 0 Å². The molecule has 0 fully saturated rings. The zero-order valence-electron chi connectivity index (χ0n) is 18.1. The first-order chi connectivity index (χ1) is 15.5. The molecule has 0 unspecified atom stereocenters. The Kier molecular flexibility index (Phi) is 6.73. The number of nitrogens with zero attached hydrogens (tertiary/aromatic N) is 1. The fraction of sp³-hybridized carbons (Fsp3) is 0.154. The molecular formula is C26H25N3O2S. The zero-order valence-corrected chi connectivity index (χ0v) is 18.9. The van der Waals surface area contributed by atoms with E-state index in [2.05, 4.69) is 29.0 Å². The van der Waals surface area contributed by atoms with Crippen LogP contribution in [0.5, 0.6) is 0 Å². The number of hydrogen-bond donors (Lipinski definition) is 2. The summed E-state index contributed by atoms with van der Waals surface area (Å²) in [6.45, 7) is 1.01. The summed E-state index contributed by atoms with van der Waals surface area (Å²) < 4.78 is 0. The molecule has 0 spiro atoms. The van der Waals surface area contributed by atoms with Crippen LogP contribution in [0.15, 0.2) is 81.2 Å². The Morgan fingerprint density at radius 2 is 1.38 bits per heavy atom. The van der Waals surface area contributed by atoms with Gasteiger partial charge in [0.1, 0.15) is 10.7 Å². The number of rotatable bonds is 6. The molecule has 0 bridgehead atoms. The topological polar surface area (TPSA) is 69.0 Å².